The molecule has 2 aromatic rings. The Morgan fingerprint density at radius 2 is 2.24 bits per heavy atom. The number of nitrogens with zero attached hydrogens (tertiary/aromatic N) is 1. The molecule has 0 spiro atoms. The molecule has 0 atom stereocenters. The molecule has 0 bridgehead atoms. The van der Waals surface area contributed by atoms with Gasteiger partial charge in [-0.2, -0.15) is 0 Å². The van der Waals surface area contributed by atoms with Crippen LogP contribution in [0.5, 0.6) is 0 Å². The van der Waals surface area contributed by atoms with Gasteiger partial charge in [0.15, 0.2) is 5.13 Å². The quantitative estimate of drug-likeness (QED) is 0.785. The average molecular weight is 345 g/mol. The lowest BCUT2D eigenvalue weighted by atomic mass is 10.2. The van der Waals surface area contributed by atoms with Gasteiger partial charge in [0.1, 0.15) is 0 Å². The molecular weight excluding hydrogens is 331 g/mol. The van der Waals surface area contributed by atoms with E-state index in [1.807, 2.05) is 12.3 Å². The van der Waals surface area contributed by atoms with E-state index in [-0.39, 0.29) is 5.91 Å². The molecule has 1 aromatic heterocycles. The maximum absolute atomic E-state index is 11.7. The maximum atomic E-state index is 11.7. The second kappa shape index (κ2) is 7.75. The molecule has 0 saturated carbocycles. The molecule has 0 unspecified atom stereocenters. The van der Waals surface area contributed by atoms with Crippen LogP contribution in [-0.4, -0.2) is 24.1 Å². The highest BCUT2D eigenvalue weighted by Crippen LogP contribution is 2.32. The van der Waals surface area contributed by atoms with Crippen LogP contribution in [0.1, 0.15) is 13.3 Å². The van der Waals surface area contributed by atoms with Crippen molar-refractivity contribution >= 4 is 45.6 Å². The van der Waals surface area contributed by atoms with E-state index in [1.165, 1.54) is 11.3 Å². The lowest BCUT2D eigenvalue weighted by molar-refractivity contribution is -0.117. The number of benzene rings is 1. The molecule has 1 amide bonds. The van der Waals surface area contributed by atoms with E-state index >= 15 is 0 Å². The van der Waals surface area contributed by atoms with Crippen LogP contribution in [0.4, 0.5) is 5.13 Å². The molecule has 0 aliphatic rings. The Balaban J connectivity index is 2.02. The lowest BCUT2D eigenvalue weighted by Gasteiger charge is -2.02. The first kappa shape index (κ1) is 16.2. The van der Waals surface area contributed by atoms with Crippen molar-refractivity contribution < 1.29 is 9.53 Å². The second-order valence-corrected chi connectivity index (χ2v) is 5.86. The van der Waals surface area contributed by atoms with Gasteiger partial charge in [0, 0.05) is 22.6 Å². The smallest absolute Gasteiger partial charge is 0.228 e. The Hall–Kier alpha value is -1.14. The number of carbonyl (C=O) groups excluding carboxylic acids is 1. The number of hydrogen-bond donors (Lipinski definition) is 1. The first-order valence-electron chi connectivity index (χ1n) is 6.38. The molecule has 0 aliphatic carbocycles. The summed E-state index contributed by atoms with van der Waals surface area (Å²) in [6, 6.07) is 5.22. The van der Waals surface area contributed by atoms with Crippen molar-refractivity contribution in [1.82, 2.24) is 4.98 Å². The monoisotopic (exact) mass is 344 g/mol. The third-order valence-electron chi connectivity index (χ3n) is 2.64. The zero-order valence-electron chi connectivity index (χ0n) is 11.4. The van der Waals surface area contributed by atoms with Gasteiger partial charge in [0.05, 0.1) is 23.7 Å². The van der Waals surface area contributed by atoms with E-state index in [4.69, 9.17) is 27.9 Å². The fourth-order valence-electron chi connectivity index (χ4n) is 1.64. The van der Waals surface area contributed by atoms with Gasteiger partial charge >= 0.3 is 0 Å². The molecule has 0 aliphatic heterocycles. The molecule has 4 nitrogen and oxygen atoms in total. The van der Waals surface area contributed by atoms with Crippen molar-refractivity contribution in [3.63, 3.8) is 0 Å². The zero-order chi connectivity index (χ0) is 15.2. The standard InChI is InChI=1S/C14H14Cl2N2O2S/c1-2-20-6-5-13(19)18-14-17-12(8-21-14)10-4-3-9(15)7-11(10)16/h3-4,7-8H,2,5-6H2,1H3,(H,17,18,19). The Labute approximate surface area is 137 Å². The molecule has 1 N–H and O–H groups in total. The second-order valence-electron chi connectivity index (χ2n) is 4.16. The fraction of sp³-hybridized carbons (Fsp3) is 0.286. The fourth-order valence-corrected chi connectivity index (χ4v) is 2.88. The van der Waals surface area contributed by atoms with E-state index < -0.39 is 0 Å². The van der Waals surface area contributed by atoms with Crippen LogP contribution in [0.15, 0.2) is 23.6 Å². The van der Waals surface area contributed by atoms with Gasteiger partial charge in [-0.15, -0.1) is 11.3 Å². The summed E-state index contributed by atoms with van der Waals surface area (Å²) < 4.78 is 5.14. The van der Waals surface area contributed by atoms with Gasteiger partial charge in [0.25, 0.3) is 0 Å². The van der Waals surface area contributed by atoms with Crippen molar-refractivity contribution in [3.8, 4) is 11.3 Å². The van der Waals surface area contributed by atoms with Crippen LogP contribution in [0.2, 0.25) is 10.0 Å². The van der Waals surface area contributed by atoms with Crippen molar-refractivity contribution in [2.24, 2.45) is 0 Å². The van der Waals surface area contributed by atoms with Crippen LogP contribution >= 0.6 is 34.5 Å². The zero-order valence-corrected chi connectivity index (χ0v) is 13.7. The van der Waals surface area contributed by atoms with E-state index in [1.54, 1.807) is 18.2 Å². The maximum Gasteiger partial charge on any atom is 0.228 e. The van der Waals surface area contributed by atoms with Crippen LogP contribution < -0.4 is 5.32 Å². The van der Waals surface area contributed by atoms with Crippen molar-refractivity contribution in [1.29, 1.82) is 0 Å². The highest BCUT2D eigenvalue weighted by atomic mass is 35.5. The topological polar surface area (TPSA) is 51.2 Å². The lowest BCUT2D eigenvalue weighted by Crippen LogP contribution is -2.13. The molecule has 7 heteroatoms. The highest BCUT2D eigenvalue weighted by Gasteiger charge is 2.10. The third kappa shape index (κ3) is 4.68. The minimum atomic E-state index is -0.119. The van der Waals surface area contributed by atoms with Gasteiger partial charge in [-0.25, -0.2) is 4.98 Å². The predicted molar refractivity (Wildman–Crippen MR) is 87.3 cm³/mol. The normalized spacial score (nSPS) is 10.6. The number of ether oxygens (including phenoxy) is 1. The molecule has 112 valence electrons. The van der Waals surface area contributed by atoms with Crippen LogP contribution in [-0.2, 0) is 9.53 Å². The van der Waals surface area contributed by atoms with Gasteiger partial charge in [0.2, 0.25) is 5.91 Å². The predicted octanol–water partition coefficient (Wildman–Crippen LogP) is 4.48. The Morgan fingerprint density at radius 1 is 1.43 bits per heavy atom. The number of aromatic nitrogens is 1. The largest absolute Gasteiger partial charge is 0.381 e. The third-order valence-corrected chi connectivity index (χ3v) is 3.94. The SMILES string of the molecule is CCOCCC(=O)Nc1nc(-c2ccc(Cl)cc2Cl)cs1. The summed E-state index contributed by atoms with van der Waals surface area (Å²) >= 11 is 13.4. The number of amides is 1. The molecule has 21 heavy (non-hydrogen) atoms. The van der Waals surface area contributed by atoms with E-state index in [9.17, 15) is 4.79 Å². The number of halogens is 2. The Bertz CT molecular complexity index is 631. The summed E-state index contributed by atoms with van der Waals surface area (Å²) in [4.78, 5) is 16.0. The van der Waals surface area contributed by atoms with Crippen molar-refractivity contribution in [2.45, 2.75) is 13.3 Å². The molecule has 0 fully saturated rings. The summed E-state index contributed by atoms with van der Waals surface area (Å²) in [5, 5.41) is 6.22. The van der Waals surface area contributed by atoms with Gasteiger partial charge in [-0.3, -0.25) is 4.79 Å². The van der Waals surface area contributed by atoms with Crippen LogP contribution in [0.3, 0.4) is 0 Å². The highest BCUT2D eigenvalue weighted by molar-refractivity contribution is 7.14. The van der Waals surface area contributed by atoms with Gasteiger partial charge < -0.3 is 10.1 Å². The summed E-state index contributed by atoms with van der Waals surface area (Å²) in [5.41, 5.74) is 1.49. The number of carbonyl (C=O) groups is 1. The Morgan fingerprint density at radius 3 is 2.95 bits per heavy atom. The van der Waals surface area contributed by atoms with Gasteiger partial charge in [-0.1, -0.05) is 23.2 Å². The number of nitrogens with one attached hydrogen (secondary N) is 1. The van der Waals surface area contributed by atoms with Gasteiger partial charge in [-0.05, 0) is 25.1 Å². The molecular formula is C14H14Cl2N2O2S. The van der Waals surface area contributed by atoms with E-state index in [2.05, 4.69) is 10.3 Å². The summed E-state index contributed by atoms with van der Waals surface area (Å²) in [6.07, 6.45) is 0.310. The summed E-state index contributed by atoms with van der Waals surface area (Å²) in [6.45, 7) is 2.90. The summed E-state index contributed by atoms with van der Waals surface area (Å²) in [5.74, 6) is -0.119. The molecule has 1 heterocycles. The molecule has 1 aromatic carbocycles. The number of thiazole rings is 1. The minimum Gasteiger partial charge on any atom is -0.381 e. The minimum absolute atomic E-state index is 0.119. The first-order valence-corrected chi connectivity index (χ1v) is 8.02. The van der Waals surface area contributed by atoms with E-state index in [0.717, 1.165) is 5.56 Å². The van der Waals surface area contributed by atoms with Crippen molar-refractivity contribution in [3.05, 3.63) is 33.6 Å². The average Bonchev–Trinajstić information content (AvgIpc) is 2.87. The summed E-state index contributed by atoms with van der Waals surface area (Å²) in [7, 11) is 0. The van der Waals surface area contributed by atoms with Crippen LogP contribution in [0, 0.1) is 0 Å². The van der Waals surface area contributed by atoms with E-state index in [0.29, 0.717) is 40.5 Å². The number of hydrogen-bond acceptors (Lipinski definition) is 4. The van der Waals surface area contributed by atoms with Crippen LogP contribution in [0.25, 0.3) is 11.3 Å². The van der Waals surface area contributed by atoms with Crippen molar-refractivity contribution in [2.75, 3.05) is 18.5 Å². The molecule has 0 radical (unpaired) electrons. The number of anilines is 1. The molecule has 2 rings (SSSR count). The molecule has 0 saturated heterocycles. The Kier molecular flexibility index (Phi) is 5.99. The number of rotatable bonds is 6. The first-order chi connectivity index (χ1) is 10.1.